The minimum Gasteiger partial charge on any atom is -0.396 e. The molecule has 3 aromatic rings. The molecule has 0 saturated carbocycles. The fraction of sp³-hybridized carbons (Fsp3) is 0.455. The third-order valence-electron chi connectivity index (χ3n) is 6.87. The standard InChI is InChI=1S/C22H26N4O/c1-2-22(15-27)10-18-8-9-20(22)25(18)13-16-11-23-21-19(12-24-26(21)14-16)17-6-4-3-5-7-17/h3-7,11-12,14,18,20,27H,2,8-10,13,15H2,1H3/t18-,20+,22-/m0/s1. The lowest BCUT2D eigenvalue weighted by atomic mass is 9.72. The molecule has 3 atom stereocenters. The molecule has 0 unspecified atom stereocenters. The van der Waals surface area contributed by atoms with Crippen LogP contribution >= 0.6 is 0 Å². The summed E-state index contributed by atoms with van der Waals surface area (Å²) in [6.07, 6.45) is 10.6. The van der Waals surface area contributed by atoms with Crippen molar-refractivity contribution in [2.24, 2.45) is 5.41 Å². The number of hydrogen-bond donors (Lipinski definition) is 1. The Kier molecular flexibility index (Phi) is 4.02. The maximum atomic E-state index is 10.0. The fourth-order valence-corrected chi connectivity index (χ4v) is 5.35. The SMILES string of the molecule is CC[C@@]1(CO)C[C@@H]2CC[C@H]1N2Cc1cnc2c(-c3ccccc3)cnn2c1. The number of benzene rings is 1. The molecule has 27 heavy (non-hydrogen) atoms. The van der Waals surface area contributed by atoms with E-state index in [-0.39, 0.29) is 5.41 Å². The fourth-order valence-electron chi connectivity index (χ4n) is 5.35. The molecule has 2 saturated heterocycles. The van der Waals surface area contributed by atoms with Crippen molar-refractivity contribution in [2.75, 3.05) is 6.61 Å². The Balaban J connectivity index is 1.42. The van der Waals surface area contributed by atoms with Gasteiger partial charge in [-0.05, 0) is 31.2 Å². The second-order valence-electron chi connectivity index (χ2n) is 8.15. The van der Waals surface area contributed by atoms with Crippen LogP contribution in [-0.4, -0.2) is 43.3 Å². The number of aliphatic hydroxyl groups is 1. The van der Waals surface area contributed by atoms with Crippen LogP contribution in [0.1, 0.15) is 38.2 Å². The Labute approximate surface area is 159 Å². The van der Waals surface area contributed by atoms with Gasteiger partial charge in [0.1, 0.15) is 0 Å². The summed E-state index contributed by atoms with van der Waals surface area (Å²) in [5.74, 6) is 0. The van der Waals surface area contributed by atoms with Gasteiger partial charge in [0.25, 0.3) is 0 Å². The molecule has 5 rings (SSSR count). The first kappa shape index (κ1) is 16.9. The van der Waals surface area contributed by atoms with Gasteiger partial charge >= 0.3 is 0 Å². The second kappa shape index (κ2) is 6.43. The van der Waals surface area contributed by atoms with Crippen molar-refractivity contribution in [3.05, 3.63) is 54.5 Å². The first-order valence-electron chi connectivity index (χ1n) is 9.98. The van der Waals surface area contributed by atoms with E-state index < -0.39 is 0 Å². The van der Waals surface area contributed by atoms with Gasteiger partial charge < -0.3 is 5.11 Å². The molecule has 2 bridgehead atoms. The Morgan fingerprint density at radius 3 is 2.78 bits per heavy atom. The number of nitrogens with zero attached hydrogens (tertiary/aromatic N) is 4. The number of aromatic nitrogens is 3. The van der Waals surface area contributed by atoms with Crippen LogP contribution in [0.3, 0.4) is 0 Å². The summed E-state index contributed by atoms with van der Waals surface area (Å²) in [6.45, 7) is 3.41. The predicted octanol–water partition coefficient (Wildman–Crippen LogP) is 3.52. The molecule has 0 aliphatic carbocycles. The lowest BCUT2D eigenvalue weighted by Crippen LogP contribution is -2.39. The first-order valence-corrected chi connectivity index (χ1v) is 9.98. The minimum absolute atomic E-state index is 0.0899. The Morgan fingerprint density at radius 1 is 1.19 bits per heavy atom. The normalized spacial score (nSPS) is 27.6. The molecule has 5 heteroatoms. The van der Waals surface area contributed by atoms with Gasteiger partial charge in [-0.25, -0.2) is 9.50 Å². The van der Waals surface area contributed by atoms with Crippen LogP contribution in [0.4, 0.5) is 0 Å². The summed E-state index contributed by atoms with van der Waals surface area (Å²) in [4.78, 5) is 7.33. The van der Waals surface area contributed by atoms with Gasteiger partial charge in [0.2, 0.25) is 0 Å². The summed E-state index contributed by atoms with van der Waals surface area (Å²) in [5, 5.41) is 14.6. The van der Waals surface area contributed by atoms with Gasteiger partial charge in [0.15, 0.2) is 5.65 Å². The van der Waals surface area contributed by atoms with Crippen molar-refractivity contribution in [1.82, 2.24) is 19.5 Å². The van der Waals surface area contributed by atoms with Crippen molar-refractivity contribution in [2.45, 2.75) is 51.2 Å². The van der Waals surface area contributed by atoms with E-state index in [1.807, 2.05) is 35.1 Å². The topological polar surface area (TPSA) is 53.7 Å². The quantitative estimate of drug-likeness (QED) is 0.754. The van der Waals surface area contributed by atoms with Crippen molar-refractivity contribution in [3.63, 3.8) is 0 Å². The summed E-state index contributed by atoms with van der Waals surface area (Å²) in [6, 6.07) is 11.4. The highest BCUT2D eigenvalue weighted by Gasteiger charge is 2.54. The minimum atomic E-state index is 0.0899. The van der Waals surface area contributed by atoms with Crippen LogP contribution in [0.2, 0.25) is 0 Å². The average molecular weight is 362 g/mol. The summed E-state index contributed by atoms with van der Waals surface area (Å²) >= 11 is 0. The van der Waals surface area contributed by atoms with Crippen molar-refractivity contribution in [1.29, 1.82) is 0 Å². The zero-order valence-corrected chi connectivity index (χ0v) is 15.8. The van der Waals surface area contributed by atoms with Gasteiger partial charge in [-0.15, -0.1) is 0 Å². The third-order valence-corrected chi connectivity index (χ3v) is 6.87. The van der Waals surface area contributed by atoms with Crippen molar-refractivity contribution >= 4 is 5.65 Å². The molecule has 140 valence electrons. The Morgan fingerprint density at radius 2 is 2.04 bits per heavy atom. The maximum absolute atomic E-state index is 10.0. The first-order chi connectivity index (χ1) is 13.2. The van der Waals surface area contributed by atoms with Crippen LogP contribution in [0.5, 0.6) is 0 Å². The molecule has 0 amide bonds. The van der Waals surface area contributed by atoms with Gasteiger partial charge in [-0.2, -0.15) is 5.10 Å². The maximum Gasteiger partial charge on any atom is 0.162 e. The molecule has 2 aliphatic heterocycles. The summed E-state index contributed by atoms with van der Waals surface area (Å²) in [7, 11) is 0. The Hall–Kier alpha value is -2.24. The molecule has 1 N–H and O–H groups in total. The van der Waals surface area contributed by atoms with Gasteiger partial charge in [-0.3, -0.25) is 4.90 Å². The number of aliphatic hydroxyl groups excluding tert-OH is 1. The van der Waals surface area contributed by atoms with Gasteiger partial charge in [-0.1, -0.05) is 37.3 Å². The third kappa shape index (κ3) is 2.60. The van der Waals surface area contributed by atoms with E-state index in [0.717, 1.165) is 36.2 Å². The summed E-state index contributed by atoms with van der Waals surface area (Å²) < 4.78 is 1.90. The van der Waals surface area contributed by atoms with Crippen LogP contribution in [0, 0.1) is 5.41 Å². The zero-order valence-electron chi connectivity index (χ0n) is 15.8. The van der Waals surface area contributed by atoms with E-state index in [1.165, 1.54) is 18.4 Å². The van der Waals surface area contributed by atoms with E-state index in [0.29, 0.717) is 18.7 Å². The molecule has 0 radical (unpaired) electrons. The van der Waals surface area contributed by atoms with Crippen LogP contribution in [-0.2, 0) is 6.54 Å². The molecular weight excluding hydrogens is 336 g/mol. The highest BCUT2D eigenvalue weighted by atomic mass is 16.3. The van der Waals surface area contributed by atoms with Crippen molar-refractivity contribution in [3.8, 4) is 11.1 Å². The van der Waals surface area contributed by atoms with Gasteiger partial charge in [0.05, 0.1) is 12.8 Å². The van der Waals surface area contributed by atoms with Crippen LogP contribution in [0.15, 0.2) is 48.9 Å². The molecular formula is C22H26N4O. The molecule has 2 aromatic heterocycles. The van der Waals surface area contributed by atoms with Gasteiger partial charge in [0, 0.05) is 47.6 Å². The Bertz CT molecular complexity index is 947. The number of fused-ring (bicyclic) bond motifs is 3. The average Bonchev–Trinajstić information content (AvgIpc) is 3.40. The highest BCUT2D eigenvalue weighted by molar-refractivity contribution is 5.76. The van der Waals surface area contributed by atoms with E-state index in [4.69, 9.17) is 4.98 Å². The monoisotopic (exact) mass is 362 g/mol. The van der Waals surface area contributed by atoms with E-state index >= 15 is 0 Å². The molecule has 2 aliphatic rings. The highest BCUT2D eigenvalue weighted by Crippen LogP contribution is 2.51. The van der Waals surface area contributed by atoms with E-state index in [9.17, 15) is 5.11 Å². The molecule has 5 nitrogen and oxygen atoms in total. The second-order valence-corrected chi connectivity index (χ2v) is 8.15. The number of rotatable bonds is 5. The van der Waals surface area contributed by atoms with E-state index in [1.54, 1.807) is 0 Å². The van der Waals surface area contributed by atoms with E-state index in [2.05, 4.69) is 35.3 Å². The zero-order chi connectivity index (χ0) is 18.4. The van der Waals surface area contributed by atoms with Crippen LogP contribution < -0.4 is 0 Å². The molecule has 0 spiro atoms. The summed E-state index contributed by atoms with van der Waals surface area (Å²) in [5.41, 5.74) is 4.38. The molecule has 2 fully saturated rings. The van der Waals surface area contributed by atoms with Crippen molar-refractivity contribution < 1.29 is 5.11 Å². The largest absolute Gasteiger partial charge is 0.396 e. The smallest absolute Gasteiger partial charge is 0.162 e. The van der Waals surface area contributed by atoms with Crippen LogP contribution in [0.25, 0.3) is 16.8 Å². The lowest BCUT2D eigenvalue weighted by Gasteiger charge is -2.35. The molecule has 1 aromatic carbocycles. The molecule has 4 heterocycles. The number of hydrogen-bond acceptors (Lipinski definition) is 4. The predicted molar refractivity (Wildman–Crippen MR) is 105 cm³/mol. The lowest BCUT2D eigenvalue weighted by molar-refractivity contribution is 0.0713.